The Hall–Kier alpha value is -2.39. The smallest absolute Gasteiger partial charge is 0.251 e. The molecule has 2 amide bonds. The number of hydrogen-bond donors (Lipinski definition) is 2. The van der Waals surface area contributed by atoms with Crippen LogP contribution in [0.2, 0.25) is 0 Å². The largest absolute Gasteiger partial charge is 0.497 e. The molecule has 1 aromatic heterocycles. The van der Waals surface area contributed by atoms with Crippen LogP contribution in [-0.2, 0) is 27.5 Å². The molecule has 29 heavy (non-hydrogen) atoms. The van der Waals surface area contributed by atoms with Gasteiger partial charge in [0.05, 0.1) is 23.3 Å². The molecule has 156 valence electrons. The molecule has 0 fully saturated rings. The molecule has 1 atom stereocenters. The lowest BCUT2D eigenvalue weighted by Gasteiger charge is -2.18. The average molecular weight is 437 g/mol. The van der Waals surface area contributed by atoms with Crippen LogP contribution in [-0.4, -0.2) is 33.1 Å². The maximum absolute atomic E-state index is 12.5. The number of rotatable bonds is 7. The number of primary amides is 1. The first kappa shape index (κ1) is 21.3. The summed E-state index contributed by atoms with van der Waals surface area (Å²) in [6, 6.07) is 6.02. The molecule has 0 saturated carbocycles. The highest BCUT2D eigenvalue weighted by Crippen LogP contribution is 2.39. The number of methoxy groups -OCH3 is 1. The van der Waals surface area contributed by atoms with Gasteiger partial charge in [-0.15, -0.1) is 11.3 Å². The van der Waals surface area contributed by atoms with Gasteiger partial charge in [-0.2, -0.15) is 0 Å². The third-order valence-corrected chi connectivity index (χ3v) is 7.93. The number of carbonyl (C=O) groups is 2. The van der Waals surface area contributed by atoms with Crippen molar-refractivity contribution in [3.05, 3.63) is 40.3 Å². The van der Waals surface area contributed by atoms with Crippen molar-refractivity contribution in [1.29, 1.82) is 0 Å². The minimum absolute atomic E-state index is 0.129. The van der Waals surface area contributed by atoms with E-state index in [1.54, 1.807) is 12.1 Å². The summed E-state index contributed by atoms with van der Waals surface area (Å²) >= 11 is 1.36. The fourth-order valence-electron chi connectivity index (χ4n) is 3.42. The number of fused-ring (bicyclic) bond motifs is 1. The van der Waals surface area contributed by atoms with Crippen molar-refractivity contribution < 1.29 is 22.7 Å². The standard InChI is InChI=1S/C20H24N2O5S2/c1-12-3-8-15-16(11-12)28-20(18(15)19(21)24)22-17(23)9-10-29(25,26)14-6-4-13(27-2)5-7-14/h4-7,12H,3,8-11H2,1-2H3,(H2,21,24)(H,22,23)/t12-/m1/s1. The molecule has 1 aromatic carbocycles. The molecule has 0 unspecified atom stereocenters. The molecule has 0 aliphatic heterocycles. The Bertz CT molecular complexity index is 1030. The lowest BCUT2D eigenvalue weighted by Crippen LogP contribution is -2.20. The predicted molar refractivity (Wildman–Crippen MR) is 112 cm³/mol. The Morgan fingerprint density at radius 2 is 1.97 bits per heavy atom. The van der Waals surface area contributed by atoms with E-state index in [0.29, 0.717) is 22.2 Å². The number of thiophene rings is 1. The Kier molecular flexibility index (Phi) is 6.28. The Labute approximate surface area is 174 Å². The fourth-order valence-corrected chi connectivity index (χ4v) is 6.09. The molecule has 2 aromatic rings. The Morgan fingerprint density at radius 3 is 2.59 bits per heavy atom. The second-order valence-electron chi connectivity index (χ2n) is 7.21. The van der Waals surface area contributed by atoms with Gasteiger partial charge < -0.3 is 15.8 Å². The van der Waals surface area contributed by atoms with Gasteiger partial charge in [0.25, 0.3) is 5.91 Å². The highest BCUT2D eigenvalue weighted by molar-refractivity contribution is 7.91. The zero-order valence-corrected chi connectivity index (χ0v) is 18.0. The van der Waals surface area contributed by atoms with Crippen molar-refractivity contribution in [2.45, 2.75) is 37.5 Å². The van der Waals surface area contributed by atoms with E-state index in [1.165, 1.54) is 30.6 Å². The van der Waals surface area contributed by atoms with E-state index in [1.807, 2.05) is 0 Å². The van der Waals surface area contributed by atoms with E-state index < -0.39 is 21.7 Å². The molecular weight excluding hydrogens is 412 g/mol. The van der Waals surface area contributed by atoms with Crippen LogP contribution in [0.25, 0.3) is 0 Å². The second kappa shape index (κ2) is 8.54. The molecule has 3 rings (SSSR count). The van der Waals surface area contributed by atoms with E-state index in [9.17, 15) is 18.0 Å². The predicted octanol–water partition coefficient (Wildman–Crippen LogP) is 2.78. The summed E-state index contributed by atoms with van der Waals surface area (Å²) in [5, 5.41) is 3.12. The van der Waals surface area contributed by atoms with Crippen LogP contribution < -0.4 is 15.8 Å². The third-order valence-electron chi connectivity index (χ3n) is 5.03. The van der Waals surface area contributed by atoms with Crippen molar-refractivity contribution in [1.82, 2.24) is 0 Å². The number of sulfone groups is 1. The van der Waals surface area contributed by atoms with Gasteiger partial charge in [0.1, 0.15) is 10.8 Å². The third kappa shape index (κ3) is 4.79. The van der Waals surface area contributed by atoms with Gasteiger partial charge in [-0.25, -0.2) is 8.42 Å². The summed E-state index contributed by atoms with van der Waals surface area (Å²) < 4.78 is 30.0. The molecule has 9 heteroatoms. The molecule has 1 aliphatic carbocycles. The van der Waals surface area contributed by atoms with E-state index in [0.717, 1.165) is 29.7 Å². The number of ether oxygens (including phenoxy) is 1. The molecule has 0 saturated heterocycles. The first-order valence-electron chi connectivity index (χ1n) is 9.32. The topological polar surface area (TPSA) is 116 Å². The van der Waals surface area contributed by atoms with Crippen molar-refractivity contribution >= 4 is 38.0 Å². The maximum atomic E-state index is 12.5. The lowest BCUT2D eigenvalue weighted by molar-refractivity contribution is -0.115. The number of anilines is 1. The van der Waals surface area contributed by atoms with Crippen molar-refractivity contribution in [2.75, 3.05) is 18.2 Å². The first-order chi connectivity index (χ1) is 13.7. The van der Waals surface area contributed by atoms with Crippen molar-refractivity contribution in [2.24, 2.45) is 11.7 Å². The summed E-state index contributed by atoms with van der Waals surface area (Å²) in [4.78, 5) is 25.5. The van der Waals surface area contributed by atoms with Gasteiger partial charge >= 0.3 is 0 Å². The molecular formula is C20H24N2O5S2. The molecule has 7 nitrogen and oxygen atoms in total. The van der Waals surface area contributed by atoms with Crippen molar-refractivity contribution in [3.8, 4) is 5.75 Å². The fraction of sp³-hybridized carbons (Fsp3) is 0.400. The number of hydrogen-bond acceptors (Lipinski definition) is 6. The van der Waals surface area contributed by atoms with Crippen LogP contribution in [0.4, 0.5) is 5.00 Å². The average Bonchev–Trinajstić information content (AvgIpc) is 3.03. The molecule has 1 aliphatic rings. The summed E-state index contributed by atoms with van der Waals surface area (Å²) in [6.45, 7) is 2.15. The monoisotopic (exact) mass is 436 g/mol. The summed E-state index contributed by atoms with van der Waals surface area (Å²) in [5.74, 6) is -0.301. The molecule has 0 radical (unpaired) electrons. The summed E-state index contributed by atoms with van der Waals surface area (Å²) in [5.41, 5.74) is 6.83. The zero-order chi connectivity index (χ0) is 21.2. The quantitative estimate of drug-likeness (QED) is 0.692. The van der Waals surface area contributed by atoms with E-state index in [4.69, 9.17) is 10.5 Å². The molecule has 1 heterocycles. The summed E-state index contributed by atoms with van der Waals surface area (Å²) in [6.07, 6.45) is 2.36. The van der Waals surface area contributed by atoms with Gasteiger partial charge in [-0.1, -0.05) is 6.92 Å². The number of benzene rings is 1. The van der Waals surface area contributed by atoms with Gasteiger partial charge in [-0.3, -0.25) is 9.59 Å². The molecule has 3 N–H and O–H groups in total. The van der Waals surface area contributed by atoms with Crippen LogP contribution in [0, 0.1) is 5.92 Å². The SMILES string of the molecule is COc1ccc(S(=O)(=O)CCC(=O)Nc2sc3c(c2C(N)=O)CC[C@@H](C)C3)cc1. The van der Waals surface area contributed by atoms with Crippen LogP contribution in [0.1, 0.15) is 40.6 Å². The van der Waals surface area contributed by atoms with Gasteiger partial charge in [-0.05, 0) is 55.0 Å². The normalized spacial score (nSPS) is 16.1. The van der Waals surface area contributed by atoms with E-state index in [-0.39, 0.29) is 17.1 Å². The highest BCUT2D eigenvalue weighted by Gasteiger charge is 2.27. The first-order valence-corrected chi connectivity index (χ1v) is 11.8. The number of nitrogens with one attached hydrogen (secondary N) is 1. The number of carbonyl (C=O) groups excluding carboxylic acids is 2. The zero-order valence-electron chi connectivity index (χ0n) is 16.4. The van der Waals surface area contributed by atoms with Crippen molar-refractivity contribution in [3.63, 3.8) is 0 Å². The molecule has 0 spiro atoms. The second-order valence-corrected chi connectivity index (χ2v) is 10.4. The van der Waals surface area contributed by atoms with Crippen LogP contribution in [0.15, 0.2) is 29.2 Å². The molecule has 0 bridgehead atoms. The minimum Gasteiger partial charge on any atom is -0.497 e. The van der Waals surface area contributed by atoms with Gasteiger partial charge in [0.15, 0.2) is 9.84 Å². The Balaban J connectivity index is 1.70. The van der Waals surface area contributed by atoms with Gasteiger partial charge in [0, 0.05) is 11.3 Å². The van der Waals surface area contributed by atoms with Gasteiger partial charge in [0.2, 0.25) is 5.91 Å². The highest BCUT2D eigenvalue weighted by atomic mass is 32.2. The number of amides is 2. The Morgan fingerprint density at radius 1 is 1.28 bits per heavy atom. The van der Waals surface area contributed by atoms with E-state index >= 15 is 0 Å². The van der Waals surface area contributed by atoms with Crippen LogP contribution in [0.3, 0.4) is 0 Å². The number of nitrogens with two attached hydrogens (primary N) is 1. The maximum Gasteiger partial charge on any atom is 0.251 e. The van der Waals surface area contributed by atoms with Crippen LogP contribution in [0.5, 0.6) is 5.75 Å². The summed E-state index contributed by atoms with van der Waals surface area (Å²) in [7, 11) is -2.12. The lowest BCUT2D eigenvalue weighted by atomic mass is 9.88. The van der Waals surface area contributed by atoms with Crippen LogP contribution >= 0.6 is 11.3 Å². The van der Waals surface area contributed by atoms with E-state index in [2.05, 4.69) is 12.2 Å². The minimum atomic E-state index is -3.61.